The molecular weight excluding hydrogens is 529 g/mol. The van der Waals surface area contributed by atoms with Crippen molar-refractivity contribution < 1.29 is 10.2 Å². The van der Waals surface area contributed by atoms with Gasteiger partial charge in [0.1, 0.15) is 0 Å². The Morgan fingerprint density at radius 2 is 0.525 bits per heavy atom. The van der Waals surface area contributed by atoms with Crippen molar-refractivity contribution in [3.8, 4) is 0 Å². The van der Waals surface area contributed by atoms with E-state index in [4.69, 9.17) is 0 Å². The minimum atomic E-state index is -0.183. The van der Waals surface area contributed by atoms with E-state index in [2.05, 4.69) is 13.8 Å². The lowest BCUT2D eigenvalue weighted by Gasteiger charge is -2.12. The van der Waals surface area contributed by atoms with Crippen molar-refractivity contribution in [3.63, 3.8) is 0 Å². The Morgan fingerprint density at radius 3 is 0.750 bits per heavy atom. The SMILES string of the molecule is CCCCCCCCCCCCCCCCC(O)CSSCC(O)CCCCCCCCCCCCCCCC. The maximum Gasteiger partial charge on any atom is 0.0639 e. The second-order valence-corrected chi connectivity index (χ2v) is 15.2. The first-order valence-corrected chi connectivity index (χ1v) is 20.8. The van der Waals surface area contributed by atoms with E-state index >= 15 is 0 Å². The van der Waals surface area contributed by atoms with E-state index in [0.29, 0.717) is 0 Å². The van der Waals surface area contributed by atoms with Gasteiger partial charge in [-0.25, -0.2) is 0 Å². The number of hydrogen-bond acceptors (Lipinski definition) is 4. The van der Waals surface area contributed by atoms with Gasteiger partial charge in [0.15, 0.2) is 0 Å². The van der Waals surface area contributed by atoms with Crippen LogP contribution in [0.25, 0.3) is 0 Å². The highest BCUT2D eigenvalue weighted by Gasteiger charge is 2.08. The Morgan fingerprint density at radius 1 is 0.325 bits per heavy atom. The van der Waals surface area contributed by atoms with Gasteiger partial charge in [0, 0.05) is 11.5 Å². The molecule has 2 N–H and O–H groups in total. The Hall–Kier alpha value is 0.620. The van der Waals surface area contributed by atoms with Gasteiger partial charge in [-0.05, 0) is 12.8 Å². The highest BCUT2D eigenvalue weighted by molar-refractivity contribution is 8.76. The van der Waals surface area contributed by atoms with Crippen LogP contribution in [0.15, 0.2) is 0 Å². The molecule has 2 unspecified atom stereocenters. The maximum absolute atomic E-state index is 10.3. The van der Waals surface area contributed by atoms with Gasteiger partial charge in [-0.1, -0.05) is 215 Å². The van der Waals surface area contributed by atoms with Gasteiger partial charge in [-0.15, -0.1) is 0 Å². The molecule has 0 aliphatic rings. The molecular formula is C36H74O2S2. The zero-order valence-electron chi connectivity index (χ0n) is 27.5. The monoisotopic (exact) mass is 603 g/mol. The maximum atomic E-state index is 10.3. The lowest BCUT2D eigenvalue weighted by atomic mass is 10.0. The summed E-state index contributed by atoms with van der Waals surface area (Å²) in [6.45, 7) is 4.58. The minimum absolute atomic E-state index is 0.183. The van der Waals surface area contributed by atoms with Crippen LogP contribution in [-0.4, -0.2) is 33.9 Å². The summed E-state index contributed by atoms with van der Waals surface area (Å²) >= 11 is 0. The Labute approximate surface area is 261 Å². The minimum Gasteiger partial charge on any atom is -0.392 e. The lowest BCUT2D eigenvalue weighted by molar-refractivity contribution is 0.184. The zero-order valence-corrected chi connectivity index (χ0v) is 29.1. The van der Waals surface area contributed by atoms with Crippen LogP contribution in [0.4, 0.5) is 0 Å². The van der Waals surface area contributed by atoms with Crippen LogP contribution in [-0.2, 0) is 0 Å². The van der Waals surface area contributed by atoms with Crippen molar-refractivity contribution >= 4 is 21.6 Å². The highest BCUT2D eigenvalue weighted by atomic mass is 33.1. The molecule has 0 aliphatic carbocycles. The van der Waals surface area contributed by atoms with Crippen molar-refractivity contribution in [2.45, 2.75) is 219 Å². The van der Waals surface area contributed by atoms with Gasteiger partial charge in [0.05, 0.1) is 12.2 Å². The molecule has 0 fully saturated rings. The van der Waals surface area contributed by atoms with E-state index in [-0.39, 0.29) is 12.2 Å². The van der Waals surface area contributed by atoms with Gasteiger partial charge >= 0.3 is 0 Å². The average molecular weight is 603 g/mol. The molecule has 0 saturated heterocycles. The second kappa shape index (κ2) is 35.8. The van der Waals surface area contributed by atoms with Gasteiger partial charge in [0.25, 0.3) is 0 Å². The molecule has 242 valence electrons. The second-order valence-electron chi connectivity index (χ2n) is 12.6. The first kappa shape index (κ1) is 40.6. The molecule has 0 saturated carbocycles. The van der Waals surface area contributed by atoms with E-state index in [9.17, 15) is 10.2 Å². The van der Waals surface area contributed by atoms with E-state index < -0.39 is 0 Å². The van der Waals surface area contributed by atoms with Crippen molar-refractivity contribution in [3.05, 3.63) is 0 Å². The zero-order chi connectivity index (χ0) is 29.2. The van der Waals surface area contributed by atoms with Crippen molar-refractivity contribution in [1.82, 2.24) is 0 Å². The molecule has 0 rings (SSSR count). The number of aliphatic hydroxyl groups excluding tert-OH is 2. The van der Waals surface area contributed by atoms with Crippen LogP contribution in [0.5, 0.6) is 0 Å². The summed E-state index contributed by atoms with van der Waals surface area (Å²) in [6.07, 6.45) is 40.2. The third-order valence-electron chi connectivity index (χ3n) is 8.39. The molecule has 0 aromatic rings. The lowest BCUT2D eigenvalue weighted by Crippen LogP contribution is -2.11. The molecule has 0 amide bonds. The van der Waals surface area contributed by atoms with E-state index in [1.807, 2.05) is 0 Å². The topological polar surface area (TPSA) is 40.5 Å². The average Bonchev–Trinajstić information content (AvgIpc) is 2.95. The predicted octanol–water partition coefficient (Wildman–Crippen LogP) is 12.8. The van der Waals surface area contributed by atoms with Gasteiger partial charge in [-0.3, -0.25) is 0 Å². The van der Waals surface area contributed by atoms with E-state index in [1.165, 1.54) is 167 Å². The fourth-order valence-corrected chi connectivity index (χ4v) is 7.93. The molecule has 0 aromatic carbocycles. The first-order chi connectivity index (χ1) is 19.7. The van der Waals surface area contributed by atoms with E-state index in [1.54, 1.807) is 21.6 Å². The summed E-state index contributed by atoms with van der Waals surface area (Å²) in [5.41, 5.74) is 0. The normalized spacial score (nSPS) is 13.2. The molecule has 0 aromatic heterocycles. The Balaban J connectivity index is 3.25. The van der Waals surface area contributed by atoms with Crippen molar-refractivity contribution in [1.29, 1.82) is 0 Å². The summed E-state index contributed by atoms with van der Waals surface area (Å²) in [7, 11) is 3.49. The number of rotatable bonds is 35. The fraction of sp³-hybridized carbons (Fsp3) is 1.00. The summed E-state index contributed by atoms with van der Waals surface area (Å²) in [5, 5.41) is 20.5. The summed E-state index contributed by atoms with van der Waals surface area (Å²) in [4.78, 5) is 0. The van der Waals surface area contributed by atoms with Crippen LogP contribution in [0.1, 0.15) is 206 Å². The van der Waals surface area contributed by atoms with Crippen molar-refractivity contribution in [2.75, 3.05) is 11.5 Å². The molecule has 4 heteroatoms. The van der Waals surface area contributed by atoms with Crippen molar-refractivity contribution in [2.24, 2.45) is 0 Å². The molecule has 0 heterocycles. The molecule has 0 aliphatic heterocycles. The van der Waals surface area contributed by atoms with Crippen LogP contribution in [0, 0.1) is 0 Å². The number of hydrogen-bond donors (Lipinski definition) is 2. The fourth-order valence-electron chi connectivity index (χ4n) is 5.57. The smallest absolute Gasteiger partial charge is 0.0639 e. The predicted molar refractivity (Wildman–Crippen MR) is 187 cm³/mol. The van der Waals surface area contributed by atoms with E-state index in [0.717, 1.165) is 37.2 Å². The molecule has 0 radical (unpaired) electrons. The molecule has 0 spiro atoms. The molecule has 2 nitrogen and oxygen atoms in total. The van der Waals surface area contributed by atoms with Crippen LogP contribution >= 0.6 is 21.6 Å². The summed E-state index contributed by atoms with van der Waals surface area (Å²) < 4.78 is 0. The van der Waals surface area contributed by atoms with Gasteiger partial charge < -0.3 is 10.2 Å². The van der Waals surface area contributed by atoms with Gasteiger partial charge in [-0.2, -0.15) is 0 Å². The highest BCUT2D eigenvalue weighted by Crippen LogP contribution is 2.25. The number of unbranched alkanes of at least 4 members (excludes halogenated alkanes) is 26. The van der Waals surface area contributed by atoms with Gasteiger partial charge in [0.2, 0.25) is 0 Å². The third kappa shape index (κ3) is 34.8. The quantitative estimate of drug-likeness (QED) is 0.0559. The Bertz CT molecular complexity index is 409. The Kier molecular flexibility index (Phi) is 36.4. The summed E-state index contributed by atoms with van der Waals surface area (Å²) in [6, 6.07) is 0. The van der Waals surface area contributed by atoms with Crippen LogP contribution in [0.3, 0.4) is 0 Å². The van der Waals surface area contributed by atoms with Crippen LogP contribution < -0.4 is 0 Å². The molecule has 0 bridgehead atoms. The third-order valence-corrected chi connectivity index (χ3v) is 10.9. The molecule has 2 atom stereocenters. The van der Waals surface area contributed by atoms with Crippen LogP contribution in [0.2, 0.25) is 0 Å². The summed E-state index contributed by atoms with van der Waals surface area (Å²) in [5.74, 6) is 1.60. The first-order valence-electron chi connectivity index (χ1n) is 18.3. The largest absolute Gasteiger partial charge is 0.392 e. The molecule has 40 heavy (non-hydrogen) atoms. The number of aliphatic hydroxyl groups is 2. The standard InChI is InChI=1S/C36H74O2S2/c1-3-5-7-9-11-13-15-17-19-21-23-25-27-29-31-35(37)33-39-40-34-36(38)32-30-28-26-24-22-20-18-16-14-12-10-8-6-4-2/h35-38H,3-34H2,1-2H3.